The molecular weight excluding hydrogens is 222 g/mol. The zero-order chi connectivity index (χ0) is 12.0. The van der Waals surface area contributed by atoms with Crippen LogP contribution in [0.3, 0.4) is 0 Å². The van der Waals surface area contributed by atoms with Gasteiger partial charge >= 0.3 is 0 Å². The van der Waals surface area contributed by atoms with Crippen molar-refractivity contribution in [2.24, 2.45) is 10.7 Å². The SMILES string of the molecule is CCCCN(C)C(N)=Nc1cccc(Cl)c1. The van der Waals surface area contributed by atoms with Gasteiger partial charge in [-0.15, -0.1) is 0 Å². The predicted octanol–water partition coefficient (Wildman–Crippen LogP) is 3.02. The normalized spacial score (nSPS) is 11.6. The highest BCUT2D eigenvalue weighted by atomic mass is 35.5. The Balaban J connectivity index is 2.68. The molecule has 88 valence electrons. The van der Waals surface area contributed by atoms with Gasteiger partial charge in [-0.2, -0.15) is 0 Å². The molecule has 0 amide bonds. The third-order valence-corrected chi connectivity index (χ3v) is 2.53. The molecule has 0 saturated carbocycles. The number of hydrogen-bond donors (Lipinski definition) is 1. The van der Waals surface area contributed by atoms with E-state index in [1.807, 2.05) is 30.1 Å². The van der Waals surface area contributed by atoms with Gasteiger partial charge in [-0.3, -0.25) is 0 Å². The average molecular weight is 240 g/mol. The lowest BCUT2D eigenvalue weighted by atomic mass is 10.3. The molecule has 0 aliphatic rings. The van der Waals surface area contributed by atoms with E-state index in [0.717, 1.165) is 25.1 Å². The summed E-state index contributed by atoms with van der Waals surface area (Å²) in [6.45, 7) is 3.07. The number of nitrogens with zero attached hydrogens (tertiary/aromatic N) is 2. The van der Waals surface area contributed by atoms with Crippen LogP contribution in [0.25, 0.3) is 0 Å². The van der Waals surface area contributed by atoms with Crippen LogP contribution >= 0.6 is 11.6 Å². The minimum atomic E-state index is 0.524. The summed E-state index contributed by atoms with van der Waals surface area (Å²) >= 11 is 5.87. The van der Waals surface area contributed by atoms with E-state index in [0.29, 0.717) is 11.0 Å². The van der Waals surface area contributed by atoms with Crippen molar-refractivity contribution in [1.82, 2.24) is 4.90 Å². The summed E-state index contributed by atoms with van der Waals surface area (Å²) in [7, 11) is 1.94. The number of hydrogen-bond acceptors (Lipinski definition) is 1. The van der Waals surface area contributed by atoms with Gasteiger partial charge < -0.3 is 10.6 Å². The second-order valence-electron chi connectivity index (χ2n) is 3.72. The molecule has 1 rings (SSSR count). The molecule has 1 aromatic rings. The van der Waals surface area contributed by atoms with E-state index in [1.54, 1.807) is 6.07 Å². The Labute approximate surface area is 102 Å². The summed E-state index contributed by atoms with van der Waals surface area (Å²) in [5.74, 6) is 0.524. The number of aliphatic imine (C=N–C) groups is 1. The molecule has 0 bridgehead atoms. The van der Waals surface area contributed by atoms with Crippen LogP contribution in [0.4, 0.5) is 5.69 Å². The number of unbranched alkanes of at least 4 members (excludes halogenated alkanes) is 1. The Morgan fingerprint density at radius 3 is 2.88 bits per heavy atom. The number of halogens is 1. The number of nitrogens with two attached hydrogens (primary N) is 1. The molecule has 0 spiro atoms. The first kappa shape index (κ1) is 12.8. The largest absolute Gasteiger partial charge is 0.369 e. The first-order valence-corrected chi connectivity index (χ1v) is 5.82. The van der Waals surface area contributed by atoms with Gasteiger partial charge in [0.15, 0.2) is 5.96 Å². The van der Waals surface area contributed by atoms with Gasteiger partial charge in [-0.05, 0) is 24.6 Å². The summed E-state index contributed by atoms with van der Waals surface area (Å²) in [6, 6.07) is 7.35. The van der Waals surface area contributed by atoms with Crippen molar-refractivity contribution < 1.29 is 0 Å². The molecule has 16 heavy (non-hydrogen) atoms. The third kappa shape index (κ3) is 4.11. The molecular formula is C12H18ClN3. The van der Waals surface area contributed by atoms with Gasteiger partial charge in [-0.1, -0.05) is 31.0 Å². The summed E-state index contributed by atoms with van der Waals surface area (Å²) < 4.78 is 0. The van der Waals surface area contributed by atoms with Crippen LogP contribution in [0.1, 0.15) is 19.8 Å². The molecule has 0 unspecified atom stereocenters. The maximum Gasteiger partial charge on any atom is 0.196 e. The molecule has 4 heteroatoms. The molecule has 0 atom stereocenters. The summed E-state index contributed by atoms with van der Waals surface area (Å²) in [5, 5.41) is 0.672. The quantitative estimate of drug-likeness (QED) is 0.648. The first-order chi connectivity index (χ1) is 7.63. The fourth-order valence-electron chi connectivity index (χ4n) is 1.27. The fourth-order valence-corrected chi connectivity index (χ4v) is 1.46. The second-order valence-corrected chi connectivity index (χ2v) is 4.16. The van der Waals surface area contributed by atoms with Crippen LogP contribution < -0.4 is 5.73 Å². The van der Waals surface area contributed by atoms with Crippen molar-refractivity contribution in [1.29, 1.82) is 0 Å². The monoisotopic (exact) mass is 239 g/mol. The molecule has 0 heterocycles. The van der Waals surface area contributed by atoms with Gasteiger partial charge in [0, 0.05) is 18.6 Å². The highest BCUT2D eigenvalue weighted by molar-refractivity contribution is 6.30. The molecule has 0 fully saturated rings. The molecule has 2 N–H and O–H groups in total. The molecule has 0 saturated heterocycles. The van der Waals surface area contributed by atoms with E-state index in [4.69, 9.17) is 17.3 Å². The highest BCUT2D eigenvalue weighted by Gasteiger charge is 2.01. The molecule has 1 aromatic carbocycles. The zero-order valence-electron chi connectivity index (χ0n) is 9.78. The Kier molecular flexibility index (Phi) is 5.12. The van der Waals surface area contributed by atoms with E-state index in [9.17, 15) is 0 Å². The van der Waals surface area contributed by atoms with E-state index < -0.39 is 0 Å². The number of guanidine groups is 1. The number of benzene rings is 1. The topological polar surface area (TPSA) is 41.6 Å². The molecule has 0 aliphatic carbocycles. The number of rotatable bonds is 4. The van der Waals surface area contributed by atoms with Crippen LogP contribution in [0.2, 0.25) is 5.02 Å². The zero-order valence-corrected chi connectivity index (χ0v) is 10.5. The Morgan fingerprint density at radius 1 is 1.50 bits per heavy atom. The predicted molar refractivity (Wildman–Crippen MR) is 70.3 cm³/mol. The average Bonchev–Trinajstić information content (AvgIpc) is 2.25. The second kappa shape index (κ2) is 6.38. The lowest BCUT2D eigenvalue weighted by molar-refractivity contribution is 0.480. The lowest BCUT2D eigenvalue weighted by Crippen LogP contribution is -2.34. The van der Waals surface area contributed by atoms with Crippen LogP contribution in [0.5, 0.6) is 0 Å². The van der Waals surface area contributed by atoms with Gasteiger partial charge in [0.2, 0.25) is 0 Å². The summed E-state index contributed by atoms with van der Waals surface area (Å²) in [4.78, 5) is 6.26. The maximum absolute atomic E-state index is 5.87. The van der Waals surface area contributed by atoms with E-state index in [1.165, 1.54) is 0 Å². The van der Waals surface area contributed by atoms with E-state index >= 15 is 0 Å². The molecule has 3 nitrogen and oxygen atoms in total. The molecule has 0 aromatic heterocycles. The minimum Gasteiger partial charge on any atom is -0.369 e. The van der Waals surface area contributed by atoms with Crippen LogP contribution in [0, 0.1) is 0 Å². The highest BCUT2D eigenvalue weighted by Crippen LogP contribution is 2.17. The van der Waals surface area contributed by atoms with E-state index in [2.05, 4.69) is 11.9 Å². The standard InChI is InChI=1S/C12H18ClN3/c1-3-4-8-16(2)12(14)15-11-7-5-6-10(13)9-11/h5-7,9H,3-4,8H2,1-2H3,(H2,14,15). The molecule has 0 aliphatic heterocycles. The van der Waals surface area contributed by atoms with Gasteiger partial charge in [0.1, 0.15) is 0 Å². The van der Waals surface area contributed by atoms with Crippen LogP contribution in [-0.4, -0.2) is 24.5 Å². The van der Waals surface area contributed by atoms with Crippen molar-refractivity contribution in [3.05, 3.63) is 29.3 Å². The van der Waals surface area contributed by atoms with Gasteiger partial charge in [0.05, 0.1) is 5.69 Å². The van der Waals surface area contributed by atoms with Crippen LogP contribution in [-0.2, 0) is 0 Å². The first-order valence-electron chi connectivity index (χ1n) is 5.44. The summed E-state index contributed by atoms with van der Waals surface area (Å²) in [6.07, 6.45) is 2.26. The summed E-state index contributed by atoms with van der Waals surface area (Å²) in [5.41, 5.74) is 6.66. The fraction of sp³-hybridized carbons (Fsp3) is 0.417. The minimum absolute atomic E-state index is 0.524. The van der Waals surface area contributed by atoms with Crippen molar-refractivity contribution in [3.63, 3.8) is 0 Å². The van der Waals surface area contributed by atoms with Crippen molar-refractivity contribution in [3.8, 4) is 0 Å². The lowest BCUT2D eigenvalue weighted by Gasteiger charge is -2.17. The van der Waals surface area contributed by atoms with Crippen molar-refractivity contribution in [2.45, 2.75) is 19.8 Å². The van der Waals surface area contributed by atoms with Crippen molar-refractivity contribution in [2.75, 3.05) is 13.6 Å². The maximum atomic E-state index is 5.87. The Bertz CT molecular complexity index is 363. The van der Waals surface area contributed by atoms with Gasteiger partial charge in [-0.25, -0.2) is 4.99 Å². The Morgan fingerprint density at radius 2 is 2.25 bits per heavy atom. The third-order valence-electron chi connectivity index (χ3n) is 2.29. The van der Waals surface area contributed by atoms with Crippen LogP contribution in [0.15, 0.2) is 29.3 Å². The molecule has 0 radical (unpaired) electrons. The van der Waals surface area contributed by atoms with Gasteiger partial charge in [0.25, 0.3) is 0 Å². The smallest absolute Gasteiger partial charge is 0.196 e. The van der Waals surface area contributed by atoms with Crippen molar-refractivity contribution >= 4 is 23.2 Å². The Hall–Kier alpha value is -1.22. The van der Waals surface area contributed by atoms with E-state index in [-0.39, 0.29) is 0 Å².